The maximum absolute atomic E-state index is 6.28. The molecule has 0 aromatic carbocycles. The quantitative estimate of drug-likeness (QED) is 0.602. The number of hydrogen-bond donors (Lipinski definition) is 1. The van der Waals surface area contributed by atoms with E-state index >= 15 is 0 Å². The van der Waals surface area contributed by atoms with Gasteiger partial charge in [0.25, 0.3) is 0 Å². The van der Waals surface area contributed by atoms with Gasteiger partial charge in [-0.1, -0.05) is 45.2 Å². The van der Waals surface area contributed by atoms with Crippen LogP contribution in [-0.4, -0.2) is 6.54 Å². The van der Waals surface area contributed by atoms with Crippen molar-refractivity contribution in [3.05, 3.63) is 19.8 Å². The third-order valence-electron chi connectivity index (χ3n) is 4.38. The number of thiophene rings is 1. The summed E-state index contributed by atoms with van der Waals surface area (Å²) in [5.74, 6) is 0.744. The smallest absolute Gasteiger partial charge is 0.107 e. The summed E-state index contributed by atoms with van der Waals surface area (Å²) in [4.78, 5) is 1.39. The third-order valence-corrected chi connectivity index (χ3v) is 6.92. The molecule has 1 aliphatic rings. The molecule has 0 bridgehead atoms. The molecule has 1 saturated carbocycles. The van der Waals surface area contributed by atoms with Crippen LogP contribution in [0.15, 0.2) is 10.5 Å². The van der Waals surface area contributed by atoms with E-state index in [0.717, 1.165) is 21.3 Å². The van der Waals surface area contributed by atoms with Crippen LogP contribution in [0.3, 0.4) is 0 Å². The van der Waals surface area contributed by atoms with Crippen molar-refractivity contribution in [2.75, 3.05) is 6.54 Å². The van der Waals surface area contributed by atoms with Gasteiger partial charge in [0.15, 0.2) is 0 Å². The van der Waals surface area contributed by atoms with Crippen molar-refractivity contribution in [2.45, 2.75) is 58.9 Å². The molecule has 0 radical (unpaired) electrons. The maximum atomic E-state index is 6.28. The second-order valence-corrected chi connectivity index (χ2v) is 8.97. The highest BCUT2D eigenvalue weighted by Gasteiger charge is 2.42. The molecule has 0 aliphatic heterocycles. The van der Waals surface area contributed by atoms with Crippen molar-refractivity contribution in [3.63, 3.8) is 0 Å². The Balaban J connectivity index is 2.33. The average molecular weight is 379 g/mol. The number of rotatable bonds is 6. The third kappa shape index (κ3) is 3.60. The molecule has 4 heteroatoms. The van der Waals surface area contributed by atoms with Crippen LogP contribution in [0.4, 0.5) is 0 Å². The summed E-state index contributed by atoms with van der Waals surface area (Å²) in [6, 6.07) is 2.67. The van der Waals surface area contributed by atoms with Gasteiger partial charge in [-0.3, -0.25) is 0 Å². The highest BCUT2D eigenvalue weighted by Crippen LogP contribution is 2.53. The van der Waals surface area contributed by atoms with Crippen molar-refractivity contribution < 1.29 is 0 Å². The van der Waals surface area contributed by atoms with Crippen molar-refractivity contribution in [2.24, 2.45) is 11.3 Å². The summed E-state index contributed by atoms with van der Waals surface area (Å²) in [7, 11) is 0. The van der Waals surface area contributed by atoms with Crippen LogP contribution in [0.2, 0.25) is 4.34 Å². The van der Waals surface area contributed by atoms with Gasteiger partial charge in [0.2, 0.25) is 0 Å². The van der Waals surface area contributed by atoms with E-state index in [-0.39, 0.29) is 0 Å². The molecule has 0 saturated heterocycles. The molecule has 1 unspecified atom stereocenters. The topological polar surface area (TPSA) is 12.0 Å². The lowest BCUT2D eigenvalue weighted by Crippen LogP contribution is -2.37. The zero-order valence-electron chi connectivity index (χ0n) is 12.6. The molecule has 20 heavy (non-hydrogen) atoms. The van der Waals surface area contributed by atoms with Gasteiger partial charge >= 0.3 is 0 Å². The molecule has 1 aromatic heterocycles. The first kappa shape index (κ1) is 16.8. The Morgan fingerprint density at radius 2 is 2.05 bits per heavy atom. The van der Waals surface area contributed by atoms with Gasteiger partial charge in [-0.05, 0) is 59.1 Å². The molecule has 114 valence electrons. The predicted octanol–water partition coefficient (Wildman–Crippen LogP) is 6.42. The van der Waals surface area contributed by atoms with E-state index in [1.807, 2.05) is 0 Å². The van der Waals surface area contributed by atoms with E-state index in [4.69, 9.17) is 11.6 Å². The van der Waals surface area contributed by atoms with Gasteiger partial charge in [0.1, 0.15) is 4.34 Å². The second-order valence-electron chi connectivity index (χ2n) is 6.43. The predicted molar refractivity (Wildman–Crippen MR) is 93.8 cm³/mol. The number of nitrogens with one attached hydrogen (secondary N) is 1. The molecule has 1 N–H and O–H groups in total. The van der Waals surface area contributed by atoms with E-state index in [0.29, 0.717) is 11.5 Å². The van der Waals surface area contributed by atoms with Crippen LogP contribution < -0.4 is 5.32 Å². The minimum absolute atomic E-state index is 0.414. The van der Waals surface area contributed by atoms with Crippen LogP contribution in [-0.2, 0) is 0 Å². The molecule has 0 amide bonds. The molecule has 0 spiro atoms. The monoisotopic (exact) mass is 377 g/mol. The second kappa shape index (κ2) is 7.13. The van der Waals surface area contributed by atoms with E-state index < -0.39 is 0 Å². The standard InChI is InChI=1S/C16H25BrClNS/c1-4-19-14(13-9-12(17)15(18)20-13)16(10-11(2)3)7-5-6-8-16/h9,11,14,19H,4-8,10H2,1-3H3. The molecule has 1 atom stereocenters. The summed E-state index contributed by atoms with van der Waals surface area (Å²) < 4.78 is 1.92. The maximum Gasteiger partial charge on any atom is 0.107 e. The van der Waals surface area contributed by atoms with Crippen LogP contribution in [0.5, 0.6) is 0 Å². The lowest BCUT2D eigenvalue weighted by atomic mass is 9.72. The minimum atomic E-state index is 0.414. The zero-order valence-corrected chi connectivity index (χ0v) is 15.8. The Labute approximate surface area is 140 Å². The Hall–Kier alpha value is 0.430. The highest BCUT2D eigenvalue weighted by atomic mass is 79.9. The van der Waals surface area contributed by atoms with Crippen molar-refractivity contribution >= 4 is 38.9 Å². The lowest BCUT2D eigenvalue weighted by molar-refractivity contribution is 0.159. The molecule has 1 aliphatic carbocycles. The number of hydrogen-bond acceptors (Lipinski definition) is 2. The Kier molecular flexibility index (Phi) is 5.98. The molecule has 1 fully saturated rings. The first-order valence-corrected chi connectivity index (χ1v) is 9.65. The fraction of sp³-hybridized carbons (Fsp3) is 0.750. The first-order valence-electron chi connectivity index (χ1n) is 7.66. The van der Waals surface area contributed by atoms with Crippen LogP contribution in [0, 0.1) is 11.3 Å². The first-order chi connectivity index (χ1) is 9.48. The van der Waals surface area contributed by atoms with E-state index in [1.165, 1.54) is 37.0 Å². The summed E-state index contributed by atoms with van der Waals surface area (Å²) in [5.41, 5.74) is 0.414. The van der Waals surface area contributed by atoms with Gasteiger partial charge in [-0.15, -0.1) is 11.3 Å². The fourth-order valence-corrected chi connectivity index (χ4v) is 5.79. The zero-order chi connectivity index (χ0) is 14.8. The molecular weight excluding hydrogens is 354 g/mol. The van der Waals surface area contributed by atoms with E-state index in [2.05, 4.69) is 48.1 Å². The van der Waals surface area contributed by atoms with E-state index in [1.54, 1.807) is 11.3 Å². The Morgan fingerprint density at radius 3 is 2.50 bits per heavy atom. The van der Waals surface area contributed by atoms with Crippen molar-refractivity contribution in [1.82, 2.24) is 5.32 Å². The molecule has 2 rings (SSSR count). The normalized spacial score (nSPS) is 19.7. The van der Waals surface area contributed by atoms with Gasteiger partial charge in [0.05, 0.1) is 0 Å². The Bertz CT molecular complexity index is 418. The summed E-state index contributed by atoms with van der Waals surface area (Å²) in [5, 5.41) is 3.76. The highest BCUT2D eigenvalue weighted by molar-refractivity contribution is 9.10. The lowest BCUT2D eigenvalue weighted by Gasteiger charge is -2.39. The van der Waals surface area contributed by atoms with Crippen molar-refractivity contribution in [1.29, 1.82) is 0 Å². The van der Waals surface area contributed by atoms with Gasteiger partial charge < -0.3 is 5.32 Å². The summed E-state index contributed by atoms with van der Waals surface area (Å²) in [6.07, 6.45) is 6.73. The van der Waals surface area contributed by atoms with Gasteiger partial charge in [0, 0.05) is 15.4 Å². The molecular formula is C16H25BrClNS. The van der Waals surface area contributed by atoms with Gasteiger partial charge in [-0.2, -0.15) is 0 Å². The largest absolute Gasteiger partial charge is 0.309 e. The summed E-state index contributed by atoms with van der Waals surface area (Å²) >= 11 is 11.6. The van der Waals surface area contributed by atoms with Crippen molar-refractivity contribution in [3.8, 4) is 0 Å². The Morgan fingerprint density at radius 1 is 1.40 bits per heavy atom. The average Bonchev–Trinajstić information content (AvgIpc) is 2.95. The number of halogens is 2. The van der Waals surface area contributed by atoms with Crippen LogP contribution in [0.25, 0.3) is 0 Å². The summed E-state index contributed by atoms with van der Waals surface area (Å²) in [6.45, 7) is 7.91. The van der Waals surface area contributed by atoms with Crippen LogP contribution >= 0.6 is 38.9 Å². The molecule has 1 heterocycles. The fourth-order valence-electron chi connectivity index (χ4n) is 3.83. The molecule has 1 nitrogen and oxygen atoms in total. The van der Waals surface area contributed by atoms with Gasteiger partial charge in [-0.25, -0.2) is 0 Å². The SMILES string of the molecule is CCNC(c1cc(Br)c(Cl)s1)C1(CC(C)C)CCCC1. The molecule has 1 aromatic rings. The van der Waals surface area contributed by atoms with Crippen LogP contribution in [0.1, 0.15) is 63.8 Å². The minimum Gasteiger partial charge on any atom is -0.309 e. The van der Waals surface area contributed by atoms with E-state index in [9.17, 15) is 0 Å².